The summed E-state index contributed by atoms with van der Waals surface area (Å²) in [6.45, 7) is 0. The Balaban J connectivity index is 1.57. The smallest absolute Gasteiger partial charge is 0.182 e. The first kappa shape index (κ1) is 24.9. The lowest BCUT2D eigenvalue weighted by molar-refractivity contribution is 0.0739. The van der Waals surface area contributed by atoms with Crippen molar-refractivity contribution in [2.45, 2.75) is 24.5 Å². The van der Waals surface area contributed by atoms with E-state index in [1.54, 1.807) is 12.1 Å². The largest absolute Gasteiger partial charge is 0.508 e. The monoisotopic (exact) mass is 542 g/mol. The molecule has 4 aromatic rings. The van der Waals surface area contributed by atoms with Gasteiger partial charge in [-0.15, -0.1) is 0 Å². The summed E-state index contributed by atoms with van der Waals surface area (Å²) in [6.07, 6.45) is -2.20. The molecule has 0 saturated carbocycles. The Labute approximate surface area is 226 Å². The lowest BCUT2D eigenvalue weighted by Gasteiger charge is -2.36. The molecule has 0 saturated heterocycles. The number of hydrogen-bond donors (Lipinski definition) is 6. The van der Waals surface area contributed by atoms with Gasteiger partial charge in [0.2, 0.25) is 0 Å². The van der Waals surface area contributed by atoms with Crippen molar-refractivity contribution in [3.05, 3.63) is 94.5 Å². The third kappa shape index (κ3) is 3.97. The highest BCUT2D eigenvalue weighted by atomic mass is 16.5. The SMILES string of the molecule is O=C1C[C@H](c2ccc(O)cc2)Oc2c1c(O)cc(O)c2[C@@H]1C(=O)c2c(O)cc(O)cc2O[C@H]1c1ccc(O)cc1. The Morgan fingerprint density at radius 1 is 0.625 bits per heavy atom. The molecule has 0 bridgehead atoms. The Morgan fingerprint density at radius 3 is 1.88 bits per heavy atom. The van der Waals surface area contributed by atoms with Gasteiger partial charge in [0.05, 0.1) is 17.9 Å². The van der Waals surface area contributed by atoms with Crippen LogP contribution in [0, 0.1) is 0 Å². The van der Waals surface area contributed by atoms with E-state index >= 15 is 0 Å². The Kier molecular flexibility index (Phi) is 5.69. The Bertz CT molecular complexity index is 1670. The number of hydrogen-bond acceptors (Lipinski definition) is 10. The van der Waals surface area contributed by atoms with Crippen LogP contribution in [-0.2, 0) is 0 Å². The maximum absolute atomic E-state index is 14.1. The maximum Gasteiger partial charge on any atom is 0.182 e. The summed E-state index contributed by atoms with van der Waals surface area (Å²) < 4.78 is 12.3. The highest BCUT2D eigenvalue weighted by molar-refractivity contribution is 6.09. The second-order valence-electron chi connectivity index (χ2n) is 9.67. The highest BCUT2D eigenvalue weighted by Gasteiger charge is 2.46. The van der Waals surface area contributed by atoms with Crippen molar-refractivity contribution < 1.29 is 49.7 Å². The van der Waals surface area contributed by atoms with Crippen molar-refractivity contribution in [2.75, 3.05) is 0 Å². The van der Waals surface area contributed by atoms with E-state index in [9.17, 15) is 40.2 Å². The average molecular weight is 542 g/mol. The van der Waals surface area contributed by atoms with Crippen LogP contribution in [0.4, 0.5) is 0 Å². The molecule has 6 rings (SSSR count). The molecule has 40 heavy (non-hydrogen) atoms. The number of rotatable bonds is 3. The summed E-state index contributed by atoms with van der Waals surface area (Å²) in [7, 11) is 0. The van der Waals surface area contributed by atoms with Crippen molar-refractivity contribution in [1.29, 1.82) is 0 Å². The van der Waals surface area contributed by atoms with Crippen molar-refractivity contribution >= 4 is 11.6 Å². The quantitative estimate of drug-likeness (QED) is 0.212. The van der Waals surface area contributed by atoms with Crippen molar-refractivity contribution in [1.82, 2.24) is 0 Å². The van der Waals surface area contributed by atoms with Gasteiger partial charge in [0, 0.05) is 18.2 Å². The summed E-state index contributed by atoms with van der Waals surface area (Å²) in [5.41, 5.74) is 0.302. The summed E-state index contributed by atoms with van der Waals surface area (Å²) in [5.74, 6) is -4.97. The first-order valence-corrected chi connectivity index (χ1v) is 12.3. The van der Waals surface area contributed by atoms with Gasteiger partial charge in [-0.05, 0) is 35.4 Å². The number of benzene rings is 4. The van der Waals surface area contributed by atoms with Gasteiger partial charge in [0.25, 0.3) is 0 Å². The first-order valence-electron chi connectivity index (χ1n) is 12.3. The molecular weight excluding hydrogens is 520 g/mol. The molecule has 2 aliphatic rings. The van der Waals surface area contributed by atoms with E-state index in [0.717, 1.165) is 12.1 Å². The van der Waals surface area contributed by atoms with Gasteiger partial charge < -0.3 is 40.1 Å². The molecule has 4 aromatic carbocycles. The Morgan fingerprint density at radius 2 is 1.23 bits per heavy atom. The fraction of sp³-hybridized carbons (Fsp3) is 0.133. The van der Waals surface area contributed by atoms with Gasteiger partial charge in [-0.25, -0.2) is 0 Å². The number of phenolic OH excluding ortho intramolecular Hbond substituents is 6. The third-order valence-electron chi connectivity index (χ3n) is 7.14. The summed E-state index contributed by atoms with van der Waals surface area (Å²) in [5, 5.41) is 61.9. The second kappa shape index (κ2) is 9.12. The minimum atomic E-state index is -1.40. The number of carbonyl (C=O) groups is 2. The molecule has 0 aromatic heterocycles. The number of ketones is 2. The highest BCUT2D eigenvalue weighted by Crippen LogP contribution is 2.55. The van der Waals surface area contributed by atoms with E-state index in [1.165, 1.54) is 42.5 Å². The van der Waals surface area contributed by atoms with E-state index < -0.39 is 46.9 Å². The topological polar surface area (TPSA) is 174 Å². The molecule has 0 spiro atoms. The third-order valence-corrected chi connectivity index (χ3v) is 7.14. The van der Waals surface area contributed by atoms with Crippen LogP contribution >= 0.6 is 0 Å². The van der Waals surface area contributed by atoms with E-state index in [2.05, 4.69) is 0 Å². The van der Waals surface area contributed by atoms with Crippen LogP contribution in [0.5, 0.6) is 46.0 Å². The Hall–Kier alpha value is -5.38. The van der Waals surface area contributed by atoms with Crippen molar-refractivity contribution in [3.8, 4) is 46.0 Å². The summed E-state index contributed by atoms with van der Waals surface area (Å²) >= 11 is 0. The molecule has 202 valence electrons. The molecule has 10 heteroatoms. The van der Waals surface area contributed by atoms with E-state index in [1.807, 2.05) is 0 Å². The normalized spacial score (nSPS) is 19.8. The van der Waals surface area contributed by atoms with Crippen LogP contribution < -0.4 is 9.47 Å². The predicted molar refractivity (Wildman–Crippen MR) is 139 cm³/mol. The lowest BCUT2D eigenvalue weighted by Crippen LogP contribution is -2.32. The molecule has 3 atom stereocenters. The van der Waals surface area contributed by atoms with Crippen LogP contribution in [0.25, 0.3) is 0 Å². The number of ether oxygens (including phenoxy) is 2. The van der Waals surface area contributed by atoms with E-state index in [-0.39, 0.29) is 51.9 Å². The zero-order valence-electron chi connectivity index (χ0n) is 20.6. The number of fused-ring (bicyclic) bond motifs is 2. The molecule has 0 fully saturated rings. The molecule has 2 heterocycles. The van der Waals surface area contributed by atoms with E-state index in [0.29, 0.717) is 11.1 Å². The fourth-order valence-corrected chi connectivity index (χ4v) is 5.30. The van der Waals surface area contributed by atoms with Crippen molar-refractivity contribution in [2.24, 2.45) is 0 Å². The van der Waals surface area contributed by atoms with Crippen molar-refractivity contribution in [3.63, 3.8) is 0 Å². The number of aromatic hydroxyl groups is 6. The lowest BCUT2D eigenvalue weighted by atomic mass is 9.78. The molecule has 0 radical (unpaired) electrons. The predicted octanol–water partition coefficient (Wildman–Crippen LogP) is 4.73. The summed E-state index contributed by atoms with van der Waals surface area (Å²) in [6, 6.07) is 14.8. The molecule has 0 amide bonds. The molecule has 0 aliphatic carbocycles. The first-order chi connectivity index (χ1) is 19.1. The van der Waals surface area contributed by atoms with Gasteiger partial charge in [0.15, 0.2) is 11.6 Å². The molecule has 6 N–H and O–H groups in total. The zero-order valence-corrected chi connectivity index (χ0v) is 20.6. The molecule has 10 nitrogen and oxygen atoms in total. The van der Waals surface area contributed by atoms with Gasteiger partial charge in [-0.2, -0.15) is 0 Å². The minimum absolute atomic E-state index is 0.00784. The average Bonchev–Trinajstić information content (AvgIpc) is 2.89. The second-order valence-corrected chi connectivity index (χ2v) is 9.67. The standard InChI is InChI=1S/C30H22O10/c31-15-5-1-13(2-6-15)22-12-21(37)24-19(35)11-20(36)26(30(24)39-22)27-28(38)25-18(34)9-17(33)10-23(25)40-29(27)14-3-7-16(32)8-4-14/h1-11,22,27,29,31-36H,12H2/t22-,27-,29+/m1/s1. The van der Waals surface area contributed by atoms with Crippen LogP contribution in [0.2, 0.25) is 0 Å². The molecule has 2 aliphatic heterocycles. The van der Waals surface area contributed by atoms with Gasteiger partial charge in [0.1, 0.15) is 69.3 Å². The van der Waals surface area contributed by atoms with E-state index in [4.69, 9.17) is 9.47 Å². The molecule has 0 unspecified atom stereocenters. The van der Waals surface area contributed by atoms with Crippen LogP contribution in [0.3, 0.4) is 0 Å². The number of Topliss-reactive ketones (excluding diaryl/α,β-unsaturated/α-hetero) is 2. The fourth-order valence-electron chi connectivity index (χ4n) is 5.30. The van der Waals surface area contributed by atoms with Gasteiger partial charge >= 0.3 is 0 Å². The molecular formula is C30H22O10. The van der Waals surface area contributed by atoms with Crippen LogP contribution in [0.1, 0.15) is 62.0 Å². The maximum atomic E-state index is 14.1. The van der Waals surface area contributed by atoms with Crippen LogP contribution in [0.15, 0.2) is 66.7 Å². The van der Waals surface area contributed by atoms with Gasteiger partial charge in [-0.3, -0.25) is 9.59 Å². The zero-order chi connectivity index (χ0) is 28.3. The summed E-state index contributed by atoms with van der Waals surface area (Å²) in [4.78, 5) is 27.4. The van der Waals surface area contributed by atoms with Gasteiger partial charge in [-0.1, -0.05) is 24.3 Å². The number of phenols is 6. The number of carbonyl (C=O) groups excluding carboxylic acids is 2. The van der Waals surface area contributed by atoms with Crippen LogP contribution in [-0.4, -0.2) is 42.2 Å². The minimum Gasteiger partial charge on any atom is -0.508 e.